The molecule has 0 bridgehead atoms. The van der Waals surface area contributed by atoms with Gasteiger partial charge in [0.05, 0.1) is 12.7 Å². The van der Waals surface area contributed by atoms with Crippen LogP contribution < -0.4 is 4.74 Å². The van der Waals surface area contributed by atoms with Crippen LogP contribution in [0.25, 0.3) is 0 Å². The van der Waals surface area contributed by atoms with Crippen LogP contribution in [0.15, 0.2) is 12.1 Å². The van der Waals surface area contributed by atoms with Crippen molar-refractivity contribution in [2.24, 2.45) is 0 Å². The minimum Gasteiger partial charge on any atom is -0.505 e. The molecule has 1 N–H and O–H groups in total. The van der Waals surface area contributed by atoms with Gasteiger partial charge in [0.2, 0.25) is 0 Å². The summed E-state index contributed by atoms with van der Waals surface area (Å²) in [5, 5.41) is 17.4. The first-order valence-electron chi connectivity index (χ1n) is 3.15. The highest BCUT2D eigenvalue weighted by Crippen LogP contribution is 2.25. The lowest BCUT2D eigenvalue weighted by Crippen LogP contribution is -1.89. The molecule has 0 amide bonds. The predicted octanol–water partition coefficient (Wildman–Crippen LogP) is 1.41. The smallest absolute Gasteiger partial charge is 0.168 e. The van der Waals surface area contributed by atoms with Crippen molar-refractivity contribution in [2.75, 3.05) is 7.11 Å². The maximum absolute atomic E-state index is 12.6. The summed E-state index contributed by atoms with van der Waals surface area (Å²) in [5.41, 5.74) is 0.108. The molecule has 0 unspecified atom stereocenters. The quantitative estimate of drug-likeness (QED) is 0.688. The Hall–Kier alpha value is -1.76. The van der Waals surface area contributed by atoms with E-state index >= 15 is 0 Å². The molecule has 0 aliphatic heterocycles. The highest BCUT2D eigenvalue weighted by Gasteiger charge is 2.08. The van der Waals surface area contributed by atoms with Crippen LogP contribution in [0.1, 0.15) is 5.56 Å². The van der Waals surface area contributed by atoms with Gasteiger partial charge < -0.3 is 9.84 Å². The van der Waals surface area contributed by atoms with E-state index in [1.54, 1.807) is 6.07 Å². The number of halogens is 1. The normalized spacial score (nSPS) is 9.08. The molecule has 0 aliphatic rings. The van der Waals surface area contributed by atoms with E-state index in [2.05, 4.69) is 0 Å². The van der Waals surface area contributed by atoms with E-state index in [1.807, 2.05) is 0 Å². The van der Waals surface area contributed by atoms with Gasteiger partial charge in [0.1, 0.15) is 11.8 Å². The molecule has 1 rings (SSSR count). The number of methoxy groups -OCH3 is 1. The highest BCUT2D eigenvalue weighted by atomic mass is 19.1. The molecule has 0 fully saturated rings. The van der Waals surface area contributed by atoms with Gasteiger partial charge in [-0.2, -0.15) is 5.26 Å². The van der Waals surface area contributed by atoms with Crippen LogP contribution >= 0.6 is 0 Å². The SMILES string of the molecule is COc1cc(F)c(O)cc1C#N. The lowest BCUT2D eigenvalue weighted by molar-refractivity contribution is 0.398. The van der Waals surface area contributed by atoms with Crippen molar-refractivity contribution in [3.8, 4) is 17.6 Å². The van der Waals surface area contributed by atoms with Crippen molar-refractivity contribution in [1.82, 2.24) is 0 Å². The van der Waals surface area contributed by atoms with Gasteiger partial charge in [-0.1, -0.05) is 0 Å². The Labute approximate surface area is 68.6 Å². The maximum atomic E-state index is 12.6. The van der Waals surface area contributed by atoms with Crippen LogP contribution in [0.5, 0.6) is 11.5 Å². The number of phenols is 1. The number of nitriles is 1. The van der Waals surface area contributed by atoms with Gasteiger partial charge in [-0.15, -0.1) is 0 Å². The minimum absolute atomic E-state index is 0.108. The molecule has 0 aliphatic carbocycles. The molecule has 62 valence electrons. The third-order valence-electron chi connectivity index (χ3n) is 1.39. The summed E-state index contributed by atoms with van der Waals surface area (Å²) in [4.78, 5) is 0. The highest BCUT2D eigenvalue weighted by molar-refractivity contribution is 5.47. The number of phenolic OH excluding ortho intramolecular Hbond substituents is 1. The third-order valence-corrected chi connectivity index (χ3v) is 1.39. The summed E-state index contributed by atoms with van der Waals surface area (Å²) in [6, 6.07) is 3.75. The summed E-state index contributed by atoms with van der Waals surface area (Å²) in [7, 11) is 1.33. The molecular formula is C8H6FNO2. The molecule has 4 heteroatoms. The Bertz CT molecular complexity index is 344. The second-order valence-corrected chi connectivity index (χ2v) is 2.12. The number of hydrogen-bond donors (Lipinski definition) is 1. The summed E-state index contributed by atoms with van der Waals surface area (Å²) in [6.45, 7) is 0. The van der Waals surface area contributed by atoms with E-state index in [4.69, 9.17) is 15.1 Å². The molecule has 0 saturated heterocycles. The first kappa shape index (κ1) is 8.34. The molecule has 1 aromatic rings. The van der Waals surface area contributed by atoms with Gasteiger partial charge in [0.15, 0.2) is 11.6 Å². The summed E-state index contributed by atoms with van der Waals surface area (Å²) >= 11 is 0. The van der Waals surface area contributed by atoms with Crippen molar-refractivity contribution in [1.29, 1.82) is 5.26 Å². The molecule has 0 spiro atoms. The fourth-order valence-electron chi connectivity index (χ4n) is 0.800. The minimum atomic E-state index is -0.800. The van der Waals surface area contributed by atoms with Crippen LogP contribution in [0.3, 0.4) is 0 Å². The average molecular weight is 167 g/mol. The number of nitrogens with zero attached hydrogens (tertiary/aromatic N) is 1. The number of ether oxygens (including phenoxy) is 1. The molecule has 3 nitrogen and oxygen atoms in total. The Morgan fingerprint density at radius 1 is 1.58 bits per heavy atom. The molecule has 0 heterocycles. The topological polar surface area (TPSA) is 53.2 Å². The van der Waals surface area contributed by atoms with E-state index in [9.17, 15) is 4.39 Å². The number of aromatic hydroxyl groups is 1. The van der Waals surface area contributed by atoms with Crippen LogP contribution in [0, 0.1) is 17.1 Å². The largest absolute Gasteiger partial charge is 0.505 e. The Kier molecular flexibility index (Phi) is 2.15. The fraction of sp³-hybridized carbons (Fsp3) is 0.125. The summed E-state index contributed by atoms with van der Waals surface area (Å²) in [5.74, 6) is -1.23. The van der Waals surface area contributed by atoms with E-state index in [1.165, 1.54) is 7.11 Å². The maximum Gasteiger partial charge on any atom is 0.168 e. The van der Waals surface area contributed by atoms with Crippen LogP contribution in [0.2, 0.25) is 0 Å². The van der Waals surface area contributed by atoms with Gasteiger partial charge in [-0.25, -0.2) is 4.39 Å². The van der Waals surface area contributed by atoms with Gasteiger partial charge in [0.25, 0.3) is 0 Å². The first-order valence-corrected chi connectivity index (χ1v) is 3.15. The molecule has 0 saturated carbocycles. The van der Waals surface area contributed by atoms with E-state index in [0.717, 1.165) is 12.1 Å². The second-order valence-electron chi connectivity index (χ2n) is 2.12. The van der Waals surface area contributed by atoms with Crippen molar-refractivity contribution in [2.45, 2.75) is 0 Å². The predicted molar refractivity (Wildman–Crippen MR) is 39.3 cm³/mol. The lowest BCUT2D eigenvalue weighted by Gasteiger charge is -2.02. The number of benzene rings is 1. The number of rotatable bonds is 1. The van der Waals surface area contributed by atoms with E-state index < -0.39 is 11.6 Å². The van der Waals surface area contributed by atoms with Crippen molar-refractivity contribution >= 4 is 0 Å². The molecule has 1 aromatic carbocycles. The Morgan fingerprint density at radius 3 is 2.75 bits per heavy atom. The molecule has 0 radical (unpaired) electrons. The molecule has 0 atom stereocenters. The third kappa shape index (κ3) is 1.30. The second kappa shape index (κ2) is 3.09. The zero-order valence-corrected chi connectivity index (χ0v) is 6.34. The summed E-state index contributed by atoms with van der Waals surface area (Å²) < 4.78 is 17.3. The zero-order valence-electron chi connectivity index (χ0n) is 6.34. The lowest BCUT2D eigenvalue weighted by atomic mass is 10.2. The monoisotopic (exact) mass is 167 g/mol. The molecular weight excluding hydrogens is 161 g/mol. The van der Waals surface area contributed by atoms with Crippen LogP contribution in [-0.4, -0.2) is 12.2 Å². The number of hydrogen-bond acceptors (Lipinski definition) is 3. The van der Waals surface area contributed by atoms with Crippen molar-refractivity contribution in [3.63, 3.8) is 0 Å². The molecule has 12 heavy (non-hydrogen) atoms. The van der Waals surface area contributed by atoms with E-state index in [0.29, 0.717) is 0 Å². The zero-order chi connectivity index (χ0) is 9.14. The fourth-order valence-corrected chi connectivity index (χ4v) is 0.800. The Balaban J connectivity index is 3.31. The van der Waals surface area contributed by atoms with Gasteiger partial charge in [-0.3, -0.25) is 0 Å². The standard InChI is InChI=1S/C8H6FNO2/c1-12-8-3-6(9)7(11)2-5(8)4-10/h2-3,11H,1H3. The van der Waals surface area contributed by atoms with E-state index in [-0.39, 0.29) is 11.3 Å². The summed E-state index contributed by atoms with van der Waals surface area (Å²) in [6.07, 6.45) is 0. The van der Waals surface area contributed by atoms with Gasteiger partial charge >= 0.3 is 0 Å². The first-order chi connectivity index (χ1) is 5.69. The Morgan fingerprint density at radius 2 is 2.25 bits per heavy atom. The van der Waals surface area contributed by atoms with Gasteiger partial charge in [-0.05, 0) is 0 Å². The van der Waals surface area contributed by atoms with Gasteiger partial charge in [0, 0.05) is 12.1 Å². The average Bonchev–Trinajstić information content (AvgIpc) is 2.09. The van der Waals surface area contributed by atoms with Crippen LogP contribution in [-0.2, 0) is 0 Å². The van der Waals surface area contributed by atoms with Crippen molar-refractivity contribution < 1.29 is 14.2 Å². The molecule has 0 aromatic heterocycles. The van der Waals surface area contributed by atoms with Crippen LogP contribution in [0.4, 0.5) is 4.39 Å². The van der Waals surface area contributed by atoms with Crippen molar-refractivity contribution in [3.05, 3.63) is 23.5 Å².